The maximum Gasteiger partial charge on any atom is 0.357 e. The van der Waals surface area contributed by atoms with Crippen LogP contribution in [0.1, 0.15) is 10.5 Å². The van der Waals surface area contributed by atoms with Crippen LogP contribution in [0.3, 0.4) is 0 Å². The fourth-order valence-electron chi connectivity index (χ4n) is 3.07. The Hall–Kier alpha value is -2.79. The van der Waals surface area contributed by atoms with E-state index in [9.17, 15) is 4.79 Å². The highest BCUT2D eigenvalue weighted by Gasteiger charge is 2.19. The summed E-state index contributed by atoms with van der Waals surface area (Å²) >= 11 is 3.45. The molecule has 25 heavy (non-hydrogen) atoms. The molecule has 0 fully saturated rings. The third kappa shape index (κ3) is 2.57. The van der Waals surface area contributed by atoms with Crippen molar-refractivity contribution in [1.29, 1.82) is 0 Å². The minimum atomic E-state index is -0.481. The van der Waals surface area contributed by atoms with Crippen LogP contribution in [0.15, 0.2) is 65.4 Å². The molecule has 2 aromatic carbocycles. The minimum Gasteiger partial charge on any atom is -0.464 e. The smallest absolute Gasteiger partial charge is 0.357 e. The standard InChI is InChI=1S/C20H13BrN2O2/c1-25-20(24)18-17-14(10-11-22-19(17)21)16-13(8-5-9-15(16)23-18)12-6-3-2-4-7-12/h2-11H,1H3. The van der Waals surface area contributed by atoms with Crippen LogP contribution in [0.5, 0.6) is 0 Å². The van der Waals surface area contributed by atoms with E-state index in [1.165, 1.54) is 7.11 Å². The normalized spacial score (nSPS) is 11.0. The molecule has 4 rings (SSSR count). The first kappa shape index (κ1) is 15.7. The van der Waals surface area contributed by atoms with Crippen molar-refractivity contribution < 1.29 is 9.53 Å². The highest BCUT2D eigenvalue weighted by atomic mass is 79.9. The molecule has 0 aliphatic heterocycles. The molecule has 5 heteroatoms. The van der Waals surface area contributed by atoms with Gasteiger partial charge in [-0.25, -0.2) is 14.8 Å². The van der Waals surface area contributed by atoms with Crippen molar-refractivity contribution in [1.82, 2.24) is 9.97 Å². The van der Waals surface area contributed by atoms with Gasteiger partial charge in [-0.3, -0.25) is 0 Å². The van der Waals surface area contributed by atoms with E-state index < -0.39 is 5.97 Å². The average Bonchev–Trinajstić information content (AvgIpc) is 2.67. The van der Waals surface area contributed by atoms with Gasteiger partial charge in [-0.15, -0.1) is 0 Å². The molecule has 0 N–H and O–H groups in total. The van der Waals surface area contributed by atoms with Crippen LogP contribution in [-0.2, 0) is 4.74 Å². The van der Waals surface area contributed by atoms with Crippen molar-refractivity contribution in [2.75, 3.05) is 7.11 Å². The third-order valence-electron chi connectivity index (χ3n) is 4.15. The maximum absolute atomic E-state index is 12.2. The number of halogens is 1. The van der Waals surface area contributed by atoms with E-state index in [2.05, 4.69) is 44.1 Å². The zero-order valence-corrected chi connectivity index (χ0v) is 14.9. The van der Waals surface area contributed by atoms with Crippen LogP contribution < -0.4 is 0 Å². The third-order valence-corrected chi connectivity index (χ3v) is 4.75. The highest BCUT2D eigenvalue weighted by molar-refractivity contribution is 9.10. The van der Waals surface area contributed by atoms with Crippen LogP contribution >= 0.6 is 15.9 Å². The second kappa shape index (κ2) is 6.26. The Bertz CT molecular complexity index is 1110. The molecule has 0 bridgehead atoms. The number of methoxy groups -OCH3 is 1. The van der Waals surface area contributed by atoms with E-state index in [-0.39, 0.29) is 5.69 Å². The molecule has 2 aromatic heterocycles. The Morgan fingerprint density at radius 2 is 1.80 bits per heavy atom. The quantitative estimate of drug-likeness (QED) is 0.273. The highest BCUT2D eigenvalue weighted by Crippen LogP contribution is 2.36. The van der Waals surface area contributed by atoms with Crippen LogP contribution in [0.2, 0.25) is 0 Å². The molecule has 122 valence electrons. The second-order valence-corrected chi connectivity index (χ2v) is 6.29. The predicted octanol–water partition coefficient (Wildman–Crippen LogP) is 5.00. The Balaban J connectivity index is 2.20. The van der Waals surface area contributed by atoms with Crippen molar-refractivity contribution in [3.63, 3.8) is 0 Å². The molecule has 0 aliphatic rings. The summed E-state index contributed by atoms with van der Waals surface area (Å²) in [7, 11) is 1.35. The Labute approximate surface area is 152 Å². The number of hydrogen-bond donors (Lipinski definition) is 0. The van der Waals surface area contributed by atoms with Gasteiger partial charge in [0.25, 0.3) is 0 Å². The van der Waals surface area contributed by atoms with Crippen LogP contribution in [0, 0.1) is 0 Å². The second-order valence-electron chi connectivity index (χ2n) is 5.54. The van der Waals surface area contributed by atoms with Gasteiger partial charge in [0, 0.05) is 17.0 Å². The zero-order valence-electron chi connectivity index (χ0n) is 13.4. The van der Waals surface area contributed by atoms with Gasteiger partial charge >= 0.3 is 5.97 Å². The molecule has 0 saturated heterocycles. The average molecular weight is 393 g/mol. The lowest BCUT2D eigenvalue weighted by atomic mass is 9.96. The van der Waals surface area contributed by atoms with Crippen molar-refractivity contribution in [2.24, 2.45) is 0 Å². The zero-order chi connectivity index (χ0) is 17.4. The summed E-state index contributed by atoms with van der Waals surface area (Å²) in [5, 5.41) is 2.55. The summed E-state index contributed by atoms with van der Waals surface area (Å²) in [6.45, 7) is 0. The lowest BCUT2D eigenvalue weighted by Gasteiger charge is -2.13. The number of esters is 1. The van der Waals surface area contributed by atoms with Crippen molar-refractivity contribution in [3.8, 4) is 11.1 Å². The Morgan fingerprint density at radius 3 is 2.56 bits per heavy atom. The topological polar surface area (TPSA) is 52.1 Å². The number of pyridine rings is 2. The Morgan fingerprint density at radius 1 is 1.00 bits per heavy atom. The first-order valence-corrected chi connectivity index (χ1v) is 8.50. The van der Waals surface area contributed by atoms with Gasteiger partial charge in [-0.2, -0.15) is 0 Å². The van der Waals surface area contributed by atoms with E-state index in [0.29, 0.717) is 9.99 Å². The molecular formula is C20H13BrN2O2. The lowest BCUT2D eigenvalue weighted by molar-refractivity contribution is 0.0597. The summed E-state index contributed by atoms with van der Waals surface area (Å²) in [5.41, 5.74) is 3.16. The van der Waals surface area contributed by atoms with E-state index in [0.717, 1.165) is 27.4 Å². The molecule has 4 aromatic rings. The van der Waals surface area contributed by atoms with Crippen LogP contribution in [-0.4, -0.2) is 23.0 Å². The molecular weight excluding hydrogens is 380 g/mol. The molecule has 2 heterocycles. The number of benzene rings is 2. The summed E-state index contributed by atoms with van der Waals surface area (Å²) < 4.78 is 5.49. The van der Waals surface area contributed by atoms with Gasteiger partial charge in [0.2, 0.25) is 0 Å². The molecule has 0 atom stereocenters. The van der Waals surface area contributed by atoms with Crippen molar-refractivity contribution in [2.45, 2.75) is 0 Å². The number of nitrogens with zero attached hydrogens (tertiary/aromatic N) is 2. The molecule has 0 aliphatic carbocycles. The van der Waals surface area contributed by atoms with E-state index >= 15 is 0 Å². The molecule has 0 radical (unpaired) electrons. The van der Waals surface area contributed by atoms with Gasteiger partial charge < -0.3 is 4.74 Å². The minimum absolute atomic E-state index is 0.259. The van der Waals surface area contributed by atoms with Gasteiger partial charge in [-0.1, -0.05) is 42.5 Å². The first-order valence-electron chi connectivity index (χ1n) is 7.71. The molecule has 4 nitrogen and oxygen atoms in total. The fraction of sp³-hybridized carbons (Fsp3) is 0.0500. The monoisotopic (exact) mass is 392 g/mol. The number of aromatic nitrogens is 2. The number of hydrogen-bond acceptors (Lipinski definition) is 4. The van der Waals surface area contributed by atoms with Gasteiger partial charge in [0.1, 0.15) is 4.60 Å². The van der Waals surface area contributed by atoms with Gasteiger partial charge in [0.05, 0.1) is 12.6 Å². The maximum atomic E-state index is 12.2. The largest absolute Gasteiger partial charge is 0.464 e. The van der Waals surface area contributed by atoms with E-state index in [1.54, 1.807) is 6.20 Å². The van der Waals surface area contributed by atoms with Crippen molar-refractivity contribution >= 4 is 43.6 Å². The molecule has 0 unspecified atom stereocenters. The number of carbonyl (C=O) groups is 1. The summed E-state index contributed by atoms with van der Waals surface area (Å²) in [4.78, 5) is 21.1. The molecule has 0 saturated carbocycles. The predicted molar refractivity (Wildman–Crippen MR) is 102 cm³/mol. The number of carbonyl (C=O) groups excluding carboxylic acids is 1. The van der Waals surface area contributed by atoms with Gasteiger partial charge in [-0.05, 0) is 44.6 Å². The number of fused-ring (bicyclic) bond motifs is 3. The summed E-state index contributed by atoms with van der Waals surface area (Å²) in [6, 6.07) is 17.9. The summed E-state index contributed by atoms with van der Waals surface area (Å²) in [5.74, 6) is -0.481. The van der Waals surface area contributed by atoms with Crippen LogP contribution in [0.4, 0.5) is 0 Å². The van der Waals surface area contributed by atoms with E-state index in [1.807, 2.05) is 36.4 Å². The first-order chi connectivity index (χ1) is 12.2. The van der Waals surface area contributed by atoms with Crippen molar-refractivity contribution in [3.05, 3.63) is 71.1 Å². The van der Waals surface area contributed by atoms with E-state index in [4.69, 9.17) is 4.74 Å². The van der Waals surface area contributed by atoms with Crippen LogP contribution in [0.25, 0.3) is 32.8 Å². The van der Waals surface area contributed by atoms with Gasteiger partial charge in [0.15, 0.2) is 5.69 Å². The number of ether oxygens (including phenoxy) is 1. The number of rotatable bonds is 2. The fourth-order valence-corrected chi connectivity index (χ4v) is 3.58. The molecule has 0 amide bonds. The lowest BCUT2D eigenvalue weighted by Crippen LogP contribution is -2.06. The Kier molecular flexibility index (Phi) is 3.93. The summed E-state index contributed by atoms with van der Waals surface area (Å²) in [6.07, 6.45) is 1.72. The SMILES string of the molecule is COC(=O)c1nc2cccc(-c3ccccc3)c2c2ccnc(Br)c12. The molecule has 0 spiro atoms.